The molecule has 6 rings (SSSR count). The average Bonchev–Trinajstić information content (AvgIpc) is 3.23. The Morgan fingerprint density at radius 1 is 1.17 bits per heavy atom. The Morgan fingerprint density at radius 2 is 1.97 bits per heavy atom. The fourth-order valence-corrected chi connectivity index (χ4v) is 5.39. The molecule has 2 N–H and O–H groups in total. The van der Waals surface area contributed by atoms with E-state index in [1.807, 2.05) is 48.0 Å². The lowest BCUT2D eigenvalue weighted by molar-refractivity contribution is 0.0946. The van der Waals surface area contributed by atoms with Gasteiger partial charge in [0.15, 0.2) is 11.5 Å². The molecule has 0 bridgehead atoms. The van der Waals surface area contributed by atoms with E-state index in [0.29, 0.717) is 49.6 Å². The van der Waals surface area contributed by atoms with Crippen LogP contribution < -0.4 is 10.6 Å². The second-order valence-electron chi connectivity index (χ2n) is 9.70. The number of amides is 2. The van der Waals surface area contributed by atoms with Crippen molar-refractivity contribution in [2.75, 3.05) is 32.8 Å². The molecule has 4 heterocycles. The van der Waals surface area contributed by atoms with Crippen LogP contribution in [0.25, 0.3) is 11.2 Å². The number of fused-ring (bicyclic) bond motifs is 2. The van der Waals surface area contributed by atoms with E-state index in [9.17, 15) is 9.59 Å². The number of benzene rings is 1. The number of carbonyl (C=O) groups excluding carboxylic acids is 2. The molecule has 2 aromatic heterocycles. The molecule has 0 spiro atoms. The van der Waals surface area contributed by atoms with Crippen molar-refractivity contribution in [3.05, 3.63) is 71.2 Å². The van der Waals surface area contributed by atoms with Gasteiger partial charge in [-0.1, -0.05) is 18.2 Å². The summed E-state index contributed by atoms with van der Waals surface area (Å²) in [6.07, 6.45) is 5.02. The molecule has 1 aliphatic carbocycles. The Balaban J connectivity index is 1.13. The first-order chi connectivity index (χ1) is 17.6. The lowest BCUT2D eigenvalue weighted by atomic mass is 10.0. The highest BCUT2D eigenvalue weighted by atomic mass is 16.6. The molecule has 36 heavy (non-hydrogen) atoms. The molecule has 1 saturated carbocycles. The maximum atomic E-state index is 12.6. The summed E-state index contributed by atoms with van der Waals surface area (Å²) in [6.45, 7) is 5.34. The standard InChI is InChI=1S/C27H30N6O3/c1-2-36-27(35)32-12-9-18(10-13-32)20-4-3-11-33-25(20)29-23(31-33)14-17-5-7-19(8-6-17)26(34)30-24-21-15-28-16-22(21)24/h3-9,11,21-22,24,28H,2,10,12-16H2,1H3,(H,30,34)/t21-,22+,24?. The number of aromatic nitrogens is 3. The third kappa shape index (κ3) is 4.35. The second kappa shape index (κ2) is 9.39. The van der Waals surface area contributed by atoms with Crippen LogP contribution in [0.15, 0.2) is 48.7 Å². The lowest BCUT2D eigenvalue weighted by Crippen LogP contribution is -2.35. The number of hydrogen-bond acceptors (Lipinski definition) is 6. The molecule has 0 radical (unpaired) electrons. The molecular weight excluding hydrogens is 456 g/mol. The van der Waals surface area contributed by atoms with E-state index in [1.165, 1.54) is 0 Å². The van der Waals surface area contributed by atoms with Crippen molar-refractivity contribution in [3.8, 4) is 0 Å². The number of rotatable bonds is 6. The van der Waals surface area contributed by atoms with Crippen LogP contribution in [-0.2, 0) is 11.2 Å². The average molecular weight is 487 g/mol. The van der Waals surface area contributed by atoms with Crippen molar-refractivity contribution in [2.24, 2.45) is 11.8 Å². The number of piperidine rings is 1. The number of hydrogen-bond donors (Lipinski definition) is 2. The Kier molecular flexibility index (Phi) is 5.92. The summed E-state index contributed by atoms with van der Waals surface area (Å²) in [7, 11) is 0. The lowest BCUT2D eigenvalue weighted by Gasteiger charge is -2.25. The van der Waals surface area contributed by atoms with Gasteiger partial charge in [0.2, 0.25) is 0 Å². The van der Waals surface area contributed by atoms with Crippen LogP contribution in [-0.4, -0.2) is 70.3 Å². The molecular formula is C27H30N6O3. The van der Waals surface area contributed by atoms with Crippen LogP contribution in [0.5, 0.6) is 0 Å². The molecule has 2 fully saturated rings. The topological polar surface area (TPSA) is 101 Å². The van der Waals surface area contributed by atoms with Gasteiger partial charge >= 0.3 is 6.09 Å². The Hall–Kier alpha value is -3.72. The number of ether oxygens (including phenoxy) is 1. The predicted octanol–water partition coefficient (Wildman–Crippen LogP) is 2.51. The minimum absolute atomic E-state index is 0.00118. The summed E-state index contributed by atoms with van der Waals surface area (Å²) in [5.41, 5.74) is 4.74. The van der Waals surface area contributed by atoms with E-state index >= 15 is 0 Å². The van der Waals surface area contributed by atoms with Crippen molar-refractivity contribution in [1.29, 1.82) is 0 Å². The molecule has 9 heteroatoms. The molecule has 3 atom stereocenters. The number of pyridine rings is 1. The van der Waals surface area contributed by atoms with Gasteiger partial charge in [0.25, 0.3) is 5.91 Å². The van der Waals surface area contributed by atoms with Crippen LogP contribution in [0, 0.1) is 11.8 Å². The van der Waals surface area contributed by atoms with Crippen molar-refractivity contribution in [1.82, 2.24) is 30.1 Å². The van der Waals surface area contributed by atoms with Gasteiger partial charge in [-0.25, -0.2) is 14.3 Å². The van der Waals surface area contributed by atoms with E-state index in [0.717, 1.165) is 47.7 Å². The number of nitrogens with zero attached hydrogens (tertiary/aromatic N) is 4. The van der Waals surface area contributed by atoms with E-state index < -0.39 is 0 Å². The van der Waals surface area contributed by atoms with Gasteiger partial charge in [0, 0.05) is 56.0 Å². The quantitative estimate of drug-likeness (QED) is 0.555. The Labute approximate surface area is 209 Å². The van der Waals surface area contributed by atoms with Gasteiger partial charge in [0.1, 0.15) is 0 Å². The third-order valence-electron chi connectivity index (χ3n) is 7.46. The minimum Gasteiger partial charge on any atom is -0.450 e. The summed E-state index contributed by atoms with van der Waals surface area (Å²) in [5, 5.41) is 11.2. The highest BCUT2D eigenvalue weighted by molar-refractivity contribution is 5.94. The molecule has 1 aromatic carbocycles. The predicted molar refractivity (Wildman–Crippen MR) is 135 cm³/mol. The normalized spacial score (nSPS) is 22.8. The van der Waals surface area contributed by atoms with Gasteiger partial charge < -0.3 is 20.3 Å². The smallest absolute Gasteiger partial charge is 0.410 e. The summed E-state index contributed by atoms with van der Waals surface area (Å²) < 4.78 is 6.93. The summed E-state index contributed by atoms with van der Waals surface area (Å²) >= 11 is 0. The first-order valence-corrected chi connectivity index (χ1v) is 12.7. The molecule has 1 unspecified atom stereocenters. The highest BCUT2D eigenvalue weighted by Gasteiger charge is 2.53. The van der Waals surface area contributed by atoms with Gasteiger partial charge in [-0.3, -0.25) is 4.79 Å². The number of nitrogens with one attached hydrogen (secondary N) is 2. The molecule has 186 valence electrons. The molecule has 2 aliphatic heterocycles. The van der Waals surface area contributed by atoms with Crippen LogP contribution >= 0.6 is 0 Å². The largest absolute Gasteiger partial charge is 0.450 e. The zero-order valence-electron chi connectivity index (χ0n) is 20.3. The third-order valence-corrected chi connectivity index (χ3v) is 7.46. The molecule has 1 saturated heterocycles. The first kappa shape index (κ1) is 22.7. The molecule has 3 aliphatic rings. The maximum Gasteiger partial charge on any atom is 0.410 e. The van der Waals surface area contributed by atoms with Crippen molar-refractivity contribution >= 4 is 23.2 Å². The van der Waals surface area contributed by atoms with Crippen LogP contribution in [0.1, 0.15) is 40.7 Å². The van der Waals surface area contributed by atoms with E-state index in [1.54, 1.807) is 4.90 Å². The number of carbonyl (C=O) groups is 2. The molecule has 9 nitrogen and oxygen atoms in total. The second-order valence-corrected chi connectivity index (χ2v) is 9.70. The molecule has 3 aromatic rings. The fraction of sp³-hybridized carbons (Fsp3) is 0.407. The van der Waals surface area contributed by atoms with E-state index in [4.69, 9.17) is 9.72 Å². The summed E-state index contributed by atoms with van der Waals surface area (Å²) in [6, 6.07) is 12.1. The SMILES string of the molecule is CCOC(=O)N1CC=C(c2cccn3nc(Cc4ccc(C(=O)NC5[C@H]6CNC[C@@H]56)cc4)nc23)CC1. The summed E-state index contributed by atoms with van der Waals surface area (Å²) in [4.78, 5) is 31.1. The Bertz CT molecular complexity index is 1320. The van der Waals surface area contributed by atoms with Crippen molar-refractivity contribution in [3.63, 3.8) is 0 Å². The summed E-state index contributed by atoms with van der Waals surface area (Å²) in [5.74, 6) is 1.92. The van der Waals surface area contributed by atoms with Gasteiger partial charge in [-0.05, 0) is 60.6 Å². The highest BCUT2D eigenvalue weighted by Crippen LogP contribution is 2.41. The van der Waals surface area contributed by atoms with Crippen LogP contribution in [0.3, 0.4) is 0 Å². The maximum absolute atomic E-state index is 12.6. The van der Waals surface area contributed by atoms with Gasteiger partial charge in [-0.15, -0.1) is 0 Å². The van der Waals surface area contributed by atoms with Gasteiger partial charge in [0.05, 0.1) is 6.61 Å². The first-order valence-electron chi connectivity index (χ1n) is 12.7. The van der Waals surface area contributed by atoms with Gasteiger partial charge in [-0.2, -0.15) is 5.10 Å². The Morgan fingerprint density at radius 3 is 2.69 bits per heavy atom. The van der Waals surface area contributed by atoms with Crippen molar-refractivity contribution < 1.29 is 14.3 Å². The van der Waals surface area contributed by atoms with E-state index in [-0.39, 0.29) is 12.0 Å². The van der Waals surface area contributed by atoms with Crippen LogP contribution in [0.2, 0.25) is 0 Å². The monoisotopic (exact) mass is 486 g/mol. The fourth-order valence-electron chi connectivity index (χ4n) is 5.39. The zero-order chi connectivity index (χ0) is 24.6. The van der Waals surface area contributed by atoms with Crippen LogP contribution in [0.4, 0.5) is 4.79 Å². The zero-order valence-corrected chi connectivity index (χ0v) is 20.3. The minimum atomic E-state index is -0.272. The van der Waals surface area contributed by atoms with E-state index in [2.05, 4.69) is 27.9 Å². The van der Waals surface area contributed by atoms with Crippen molar-refractivity contribution in [2.45, 2.75) is 25.8 Å². The molecule has 2 amide bonds.